The highest BCUT2D eigenvalue weighted by Gasteiger charge is 2.50. The predicted octanol–water partition coefficient (Wildman–Crippen LogP) is -0.632. The van der Waals surface area contributed by atoms with E-state index in [1.54, 1.807) is 31.2 Å². The molecule has 2 aromatic rings. The number of carbonyl (C=O) groups is 1. The number of ketones is 1. The number of ether oxygens (including phenoxy) is 6. The number of aliphatic hydroxyl groups excluding tert-OH is 5. The van der Waals surface area contributed by atoms with E-state index in [0.717, 1.165) is 0 Å². The second kappa shape index (κ2) is 12.1. The van der Waals surface area contributed by atoms with E-state index in [0.29, 0.717) is 16.9 Å². The molecule has 43 heavy (non-hydrogen) atoms. The monoisotopic (exact) mass is 608 g/mol. The third kappa shape index (κ3) is 5.66. The van der Waals surface area contributed by atoms with Gasteiger partial charge in [-0.2, -0.15) is 0 Å². The quantitative estimate of drug-likeness (QED) is 0.199. The summed E-state index contributed by atoms with van der Waals surface area (Å²) in [5, 5.41) is 72.4. The highest BCUT2D eigenvalue weighted by Crippen LogP contribution is 2.48. The number of benzene rings is 2. The number of fused-ring (bicyclic) bond motifs is 1. The lowest BCUT2D eigenvalue weighted by Gasteiger charge is -2.41. The normalized spacial score (nSPS) is 34.0. The molecule has 2 fully saturated rings. The molecule has 3 aliphatic rings. The van der Waals surface area contributed by atoms with Gasteiger partial charge in [-0.1, -0.05) is 12.1 Å². The van der Waals surface area contributed by atoms with Gasteiger partial charge >= 0.3 is 0 Å². The molecule has 5 rings (SSSR count). The zero-order valence-electron chi connectivity index (χ0n) is 23.7. The highest BCUT2D eigenvalue weighted by atomic mass is 16.7. The Kier molecular flexibility index (Phi) is 8.87. The molecule has 14 nitrogen and oxygen atoms in total. The van der Waals surface area contributed by atoms with E-state index >= 15 is 0 Å². The second-order valence-electron chi connectivity index (χ2n) is 11.0. The number of hydrogen-bond acceptors (Lipinski definition) is 14. The smallest absolute Gasteiger partial charge is 0.229 e. The number of Topliss-reactive ketones (excluding diaryl/α,β-unsaturated/α-hetero) is 1. The molecule has 1 unspecified atom stereocenters. The molecular formula is C29H36O14. The van der Waals surface area contributed by atoms with Crippen molar-refractivity contribution >= 4 is 5.78 Å². The molecule has 0 amide bonds. The van der Waals surface area contributed by atoms with E-state index in [1.807, 2.05) is 0 Å². The van der Waals surface area contributed by atoms with Gasteiger partial charge in [-0.05, 0) is 31.5 Å². The molecule has 2 aromatic carbocycles. The Morgan fingerprint density at radius 3 is 2.33 bits per heavy atom. The van der Waals surface area contributed by atoms with Crippen molar-refractivity contribution in [3.63, 3.8) is 0 Å². The number of aromatic hydroxyl groups is 1. The van der Waals surface area contributed by atoms with E-state index in [4.69, 9.17) is 28.4 Å². The molecule has 0 spiro atoms. The van der Waals surface area contributed by atoms with Gasteiger partial charge in [-0.15, -0.1) is 0 Å². The van der Waals surface area contributed by atoms with E-state index < -0.39 is 74.6 Å². The first kappa shape index (κ1) is 31.4. The molecule has 9 atom stereocenters. The fourth-order valence-electron chi connectivity index (χ4n) is 5.41. The summed E-state index contributed by atoms with van der Waals surface area (Å²) in [6.07, 6.45) is -11.7. The Morgan fingerprint density at radius 2 is 1.70 bits per heavy atom. The zero-order valence-corrected chi connectivity index (χ0v) is 23.7. The molecule has 2 saturated heterocycles. The molecule has 0 aliphatic carbocycles. The molecule has 7 N–H and O–H groups in total. The first-order chi connectivity index (χ1) is 20.4. The van der Waals surface area contributed by atoms with Crippen LogP contribution in [0.1, 0.15) is 39.6 Å². The minimum Gasteiger partial charge on any atom is -0.507 e. The summed E-state index contributed by atoms with van der Waals surface area (Å²) < 4.78 is 33.7. The van der Waals surface area contributed by atoms with Crippen LogP contribution in [0.5, 0.6) is 23.0 Å². The van der Waals surface area contributed by atoms with Crippen LogP contribution in [0.3, 0.4) is 0 Å². The summed E-state index contributed by atoms with van der Waals surface area (Å²) in [5.41, 5.74) is -0.742. The summed E-state index contributed by atoms with van der Waals surface area (Å²) in [7, 11) is 1.54. The van der Waals surface area contributed by atoms with Crippen molar-refractivity contribution in [2.45, 2.75) is 75.1 Å². The number of methoxy groups -OCH3 is 1. The van der Waals surface area contributed by atoms with Gasteiger partial charge in [0, 0.05) is 11.1 Å². The molecule has 0 saturated carbocycles. The minimum atomic E-state index is -1.93. The van der Waals surface area contributed by atoms with Gasteiger partial charge in [0.15, 0.2) is 12.1 Å². The van der Waals surface area contributed by atoms with Crippen molar-refractivity contribution in [3.8, 4) is 23.0 Å². The molecule has 0 radical (unpaired) electrons. The van der Waals surface area contributed by atoms with Gasteiger partial charge in [0.2, 0.25) is 6.29 Å². The van der Waals surface area contributed by atoms with Crippen LogP contribution in [0.25, 0.3) is 0 Å². The molecule has 0 bridgehead atoms. The summed E-state index contributed by atoms with van der Waals surface area (Å²) >= 11 is 0. The van der Waals surface area contributed by atoms with Crippen molar-refractivity contribution in [3.05, 3.63) is 46.5 Å². The lowest BCUT2D eigenvalue weighted by molar-refractivity contribution is -0.289. The van der Waals surface area contributed by atoms with Crippen LogP contribution in [0.15, 0.2) is 24.3 Å². The molecule has 236 valence electrons. The largest absolute Gasteiger partial charge is 0.507 e. The van der Waals surface area contributed by atoms with Crippen molar-refractivity contribution in [1.29, 1.82) is 0 Å². The standard InChI is InChI=1S/C29H36O14/c1-12-20(32)19-16(31)8-17(14-4-6-15(38-3)7-5-14)41-25(19)13(2)24(12)43-27-23(35)22(34)21(33)18(42-27)9-39-28-26(36)29(37,10-30)11-40-28/h4-7,17-18,21-23,26-28,30,32-37H,8-11H2,1-3H3/t17-,18+,21+,22-,23+,26-,27-,28+,29?/m0/s1. The van der Waals surface area contributed by atoms with Crippen LogP contribution in [-0.2, 0) is 14.2 Å². The average molecular weight is 609 g/mol. The lowest BCUT2D eigenvalue weighted by atomic mass is 9.91. The Labute approximate surface area is 246 Å². The zero-order chi connectivity index (χ0) is 31.2. The Morgan fingerprint density at radius 1 is 1.00 bits per heavy atom. The molecule has 14 heteroatoms. The lowest BCUT2D eigenvalue weighted by Crippen LogP contribution is -2.60. The second-order valence-corrected chi connectivity index (χ2v) is 11.0. The molecular weight excluding hydrogens is 572 g/mol. The number of phenols is 1. The topological polar surface area (TPSA) is 214 Å². The average Bonchev–Trinajstić information content (AvgIpc) is 3.30. The third-order valence-electron chi connectivity index (χ3n) is 8.15. The number of aliphatic hydroxyl groups is 6. The van der Waals surface area contributed by atoms with Gasteiger partial charge in [-0.25, -0.2) is 0 Å². The number of phenolic OH excluding ortho intramolecular Hbond substituents is 1. The Hall–Kier alpha value is -3.05. The van der Waals surface area contributed by atoms with Gasteiger partial charge in [0.1, 0.15) is 70.8 Å². The summed E-state index contributed by atoms with van der Waals surface area (Å²) in [6, 6.07) is 7.01. The van der Waals surface area contributed by atoms with Crippen molar-refractivity contribution in [2.75, 3.05) is 26.9 Å². The van der Waals surface area contributed by atoms with Gasteiger partial charge in [0.05, 0.1) is 33.4 Å². The minimum absolute atomic E-state index is 0.00286. The van der Waals surface area contributed by atoms with E-state index in [-0.39, 0.29) is 40.6 Å². The van der Waals surface area contributed by atoms with Crippen LogP contribution < -0.4 is 14.2 Å². The van der Waals surface area contributed by atoms with Crippen LogP contribution in [0, 0.1) is 13.8 Å². The third-order valence-corrected chi connectivity index (χ3v) is 8.15. The molecule has 3 aliphatic heterocycles. The highest BCUT2D eigenvalue weighted by molar-refractivity contribution is 6.03. The number of rotatable bonds is 8. The van der Waals surface area contributed by atoms with E-state index in [9.17, 15) is 40.5 Å². The first-order valence-corrected chi connectivity index (χ1v) is 13.7. The van der Waals surface area contributed by atoms with Gasteiger partial charge in [0.25, 0.3) is 0 Å². The van der Waals surface area contributed by atoms with Gasteiger partial charge in [-0.3, -0.25) is 4.79 Å². The Bertz CT molecular complexity index is 1330. The van der Waals surface area contributed by atoms with E-state index in [1.165, 1.54) is 14.0 Å². The first-order valence-electron chi connectivity index (χ1n) is 13.7. The maximum Gasteiger partial charge on any atom is 0.229 e. The van der Waals surface area contributed by atoms with Crippen LogP contribution in [-0.4, -0.2) is 117 Å². The van der Waals surface area contributed by atoms with Gasteiger partial charge < -0.3 is 64.2 Å². The summed E-state index contributed by atoms with van der Waals surface area (Å²) in [4.78, 5) is 13.2. The predicted molar refractivity (Wildman–Crippen MR) is 144 cm³/mol. The fraction of sp³-hybridized carbons (Fsp3) is 0.552. The SMILES string of the molecule is COc1ccc([C@@H]2CC(=O)c3c(O)c(C)c(O[C@@H]4O[C@H](CO[C@@H]5OCC(O)(CO)[C@H]5O)[C@@H](O)[C@H](O)[C@H]4O)c(C)c3O2)cc1. The summed E-state index contributed by atoms with van der Waals surface area (Å²) in [6.45, 7) is 1.46. The van der Waals surface area contributed by atoms with Crippen LogP contribution >= 0.6 is 0 Å². The number of hydrogen-bond donors (Lipinski definition) is 7. The summed E-state index contributed by atoms with van der Waals surface area (Å²) in [5.74, 6) is 0.0285. The van der Waals surface area contributed by atoms with Crippen molar-refractivity contribution < 1.29 is 69.0 Å². The maximum atomic E-state index is 13.2. The fourth-order valence-corrected chi connectivity index (χ4v) is 5.41. The van der Waals surface area contributed by atoms with Crippen LogP contribution in [0.4, 0.5) is 0 Å². The maximum absolute atomic E-state index is 13.2. The Balaban J connectivity index is 1.37. The van der Waals surface area contributed by atoms with Crippen molar-refractivity contribution in [2.24, 2.45) is 0 Å². The van der Waals surface area contributed by atoms with Crippen molar-refractivity contribution in [1.82, 2.24) is 0 Å². The number of carbonyl (C=O) groups excluding carboxylic acids is 1. The van der Waals surface area contributed by atoms with Crippen LogP contribution in [0.2, 0.25) is 0 Å². The van der Waals surface area contributed by atoms with E-state index in [2.05, 4.69) is 0 Å². The molecule has 3 heterocycles. The molecule has 0 aromatic heterocycles.